The first-order valence-corrected chi connectivity index (χ1v) is 4.69. The second kappa shape index (κ2) is 3.86. The fourth-order valence-corrected chi connectivity index (χ4v) is 1.32. The van der Waals surface area contributed by atoms with Crippen LogP contribution in [0.1, 0.15) is 12.7 Å². The van der Waals surface area contributed by atoms with E-state index in [4.69, 9.17) is 5.73 Å². The van der Waals surface area contributed by atoms with E-state index in [0.29, 0.717) is 23.3 Å². The fourth-order valence-electron chi connectivity index (χ4n) is 1.32. The minimum atomic E-state index is -0.324. The number of fused-ring (bicyclic) bond motifs is 1. The van der Waals surface area contributed by atoms with Crippen LogP contribution in [-0.4, -0.2) is 21.2 Å². The summed E-state index contributed by atoms with van der Waals surface area (Å²) >= 11 is 0. The Morgan fingerprint density at radius 3 is 2.87 bits per heavy atom. The summed E-state index contributed by atoms with van der Waals surface area (Å²) in [5.74, 6) is 0.220. The lowest BCUT2D eigenvalue weighted by Gasteiger charge is -2.03. The van der Waals surface area contributed by atoms with Crippen LogP contribution in [0.25, 0.3) is 11.0 Å². The first-order valence-electron chi connectivity index (χ1n) is 4.69. The van der Waals surface area contributed by atoms with E-state index in [1.54, 1.807) is 6.07 Å². The Bertz CT molecular complexity index is 484. The molecule has 2 N–H and O–H groups in total. The molecular weight excluding hydrogens is 195 g/mol. The molecule has 0 aliphatic carbocycles. The smallest absolute Gasteiger partial charge is 0.153 e. The number of hydrogen-bond donors (Lipinski definition) is 1. The molecule has 0 spiro atoms. The third-order valence-corrected chi connectivity index (χ3v) is 1.96. The van der Waals surface area contributed by atoms with E-state index in [1.165, 1.54) is 12.1 Å². The third-order valence-electron chi connectivity index (χ3n) is 1.96. The van der Waals surface area contributed by atoms with E-state index in [0.717, 1.165) is 0 Å². The minimum Gasteiger partial charge on any atom is -0.328 e. The molecule has 1 aromatic heterocycles. The maximum Gasteiger partial charge on any atom is 0.153 e. The average Bonchev–Trinajstić information content (AvgIpc) is 2.16. The van der Waals surface area contributed by atoms with Crippen LogP contribution >= 0.6 is 0 Å². The van der Waals surface area contributed by atoms with Gasteiger partial charge in [-0.25, -0.2) is 9.37 Å². The number of aromatic nitrogens is 3. The number of benzene rings is 1. The van der Waals surface area contributed by atoms with Crippen LogP contribution in [0.5, 0.6) is 0 Å². The van der Waals surface area contributed by atoms with Crippen LogP contribution in [0.4, 0.5) is 4.39 Å². The maximum atomic E-state index is 12.9. The van der Waals surface area contributed by atoms with Gasteiger partial charge in [0.05, 0.1) is 5.52 Å². The molecule has 0 bridgehead atoms. The van der Waals surface area contributed by atoms with Crippen LogP contribution in [0.3, 0.4) is 0 Å². The Kier molecular flexibility index (Phi) is 2.55. The van der Waals surface area contributed by atoms with E-state index >= 15 is 0 Å². The summed E-state index contributed by atoms with van der Waals surface area (Å²) in [4.78, 5) is 4.18. The van der Waals surface area contributed by atoms with Gasteiger partial charge in [0.25, 0.3) is 0 Å². The molecule has 1 aromatic carbocycles. The molecule has 4 nitrogen and oxygen atoms in total. The zero-order valence-electron chi connectivity index (χ0n) is 8.31. The Morgan fingerprint density at radius 1 is 1.33 bits per heavy atom. The zero-order valence-corrected chi connectivity index (χ0v) is 8.31. The van der Waals surface area contributed by atoms with E-state index in [9.17, 15) is 4.39 Å². The molecule has 0 saturated carbocycles. The summed E-state index contributed by atoms with van der Waals surface area (Å²) in [7, 11) is 0. The molecule has 1 heterocycles. The third kappa shape index (κ3) is 2.24. The maximum absolute atomic E-state index is 12.9. The molecule has 0 aliphatic heterocycles. The van der Waals surface area contributed by atoms with Crippen molar-refractivity contribution in [2.24, 2.45) is 5.73 Å². The summed E-state index contributed by atoms with van der Waals surface area (Å²) in [6, 6.07) is 4.21. The molecule has 5 heteroatoms. The first-order chi connectivity index (χ1) is 7.15. The Hall–Kier alpha value is -1.62. The van der Waals surface area contributed by atoms with Crippen molar-refractivity contribution in [2.75, 3.05) is 0 Å². The molecule has 2 aromatic rings. The zero-order chi connectivity index (χ0) is 10.8. The fraction of sp³-hybridized carbons (Fsp3) is 0.300. The van der Waals surface area contributed by atoms with Crippen LogP contribution in [0, 0.1) is 5.82 Å². The molecule has 0 amide bonds. The molecule has 0 saturated heterocycles. The van der Waals surface area contributed by atoms with Gasteiger partial charge in [-0.1, -0.05) is 0 Å². The quantitative estimate of drug-likeness (QED) is 0.797. The van der Waals surface area contributed by atoms with Gasteiger partial charge in [-0.15, -0.1) is 10.2 Å². The summed E-state index contributed by atoms with van der Waals surface area (Å²) in [5, 5.41) is 7.85. The summed E-state index contributed by atoms with van der Waals surface area (Å²) in [6.45, 7) is 1.86. The van der Waals surface area contributed by atoms with Gasteiger partial charge in [0.15, 0.2) is 5.82 Å². The highest BCUT2D eigenvalue weighted by Gasteiger charge is 2.04. The topological polar surface area (TPSA) is 64.7 Å². The Balaban J connectivity index is 2.45. The lowest BCUT2D eigenvalue weighted by molar-refractivity contribution is 0.628. The molecular formula is C10H11FN4. The van der Waals surface area contributed by atoms with Crippen molar-refractivity contribution in [3.05, 3.63) is 29.8 Å². The molecule has 1 unspecified atom stereocenters. The van der Waals surface area contributed by atoms with Crippen molar-refractivity contribution < 1.29 is 4.39 Å². The lowest BCUT2D eigenvalue weighted by atomic mass is 10.2. The van der Waals surface area contributed by atoms with Crippen molar-refractivity contribution in [3.63, 3.8) is 0 Å². The van der Waals surface area contributed by atoms with Crippen molar-refractivity contribution in [3.8, 4) is 0 Å². The van der Waals surface area contributed by atoms with Crippen LogP contribution in [0.2, 0.25) is 0 Å². The highest BCUT2D eigenvalue weighted by molar-refractivity contribution is 5.73. The second-order valence-electron chi connectivity index (χ2n) is 3.54. The van der Waals surface area contributed by atoms with Crippen molar-refractivity contribution >= 4 is 11.0 Å². The normalized spacial score (nSPS) is 13.0. The second-order valence-corrected chi connectivity index (χ2v) is 3.54. The summed E-state index contributed by atoms with van der Waals surface area (Å²) < 4.78 is 12.9. The molecule has 1 atom stereocenters. The van der Waals surface area contributed by atoms with Gasteiger partial charge in [-0.05, 0) is 19.1 Å². The predicted molar refractivity (Wildman–Crippen MR) is 54.6 cm³/mol. The van der Waals surface area contributed by atoms with E-state index < -0.39 is 0 Å². The van der Waals surface area contributed by atoms with Crippen LogP contribution in [0.15, 0.2) is 18.2 Å². The van der Waals surface area contributed by atoms with Gasteiger partial charge < -0.3 is 5.73 Å². The largest absolute Gasteiger partial charge is 0.328 e. The first kappa shape index (κ1) is 9.92. The van der Waals surface area contributed by atoms with Gasteiger partial charge in [-0.2, -0.15) is 0 Å². The van der Waals surface area contributed by atoms with Crippen LogP contribution < -0.4 is 5.73 Å². The molecule has 0 fully saturated rings. The van der Waals surface area contributed by atoms with Crippen molar-refractivity contribution in [2.45, 2.75) is 19.4 Å². The summed E-state index contributed by atoms with van der Waals surface area (Å²) in [6.07, 6.45) is 0.541. The molecule has 0 radical (unpaired) electrons. The predicted octanol–water partition coefficient (Wildman–Crippen LogP) is 1.05. The molecule has 0 aliphatic rings. The SMILES string of the molecule is CC(N)Cc1nnc2ccc(F)cc2n1. The lowest BCUT2D eigenvalue weighted by Crippen LogP contribution is -2.19. The van der Waals surface area contributed by atoms with E-state index in [1.807, 2.05) is 6.92 Å². The Morgan fingerprint density at radius 2 is 2.13 bits per heavy atom. The van der Waals surface area contributed by atoms with Gasteiger partial charge in [0.1, 0.15) is 11.3 Å². The Labute approximate surface area is 86.3 Å². The van der Waals surface area contributed by atoms with Gasteiger partial charge in [0.2, 0.25) is 0 Å². The number of halogens is 1. The van der Waals surface area contributed by atoms with Gasteiger partial charge in [-0.3, -0.25) is 0 Å². The van der Waals surface area contributed by atoms with Gasteiger partial charge in [0, 0.05) is 18.5 Å². The number of rotatable bonds is 2. The van der Waals surface area contributed by atoms with Crippen molar-refractivity contribution in [1.29, 1.82) is 0 Å². The van der Waals surface area contributed by atoms with E-state index in [-0.39, 0.29) is 11.9 Å². The average molecular weight is 206 g/mol. The summed E-state index contributed by atoms with van der Waals surface area (Å²) in [5.41, 5.74) is 6.72. The van der Waals surface area contributed by atoms with Gasteiger partial charge >= 0.3 is 0 Å². The number of nitrogens with zero attached hydrogens (tertiary/aromatic N) is 3. The number of hydrogen-bond acceptors (Lipinski definition) is 4. The van der Waals surface area contributed by atoms with E-state index in [2.05, 4.69) is 15.2 Å². The molecule has 2 rings (SSSR count). The van der Waals surface area contributed by atoms with Crippen molar-refractivity contribution in [1.82, 2.24) is 15.2 Å². The number of nitrogens with two attached hydrogens (primary N) is 1. The highest BCUT2D eigenvalue weighted by Crippen LogP contribution is 2.10. The minimum absolute atomic E-state index is 0.0298. The highest BCUT2D eigenvalue weighted by atomic mass is 19.1. The van der Waals surface area contributed by atoms with Crippen LogP contribution in [-0.2, 0) is 6.42 Å². The molecule has 78 valence electrons. The standard InChI is InChI=1S/C10H11FN4/c1-6(12)4-10-13-9-5-7(11)2-3-8(9)14-15-10/h2-3,5-6H,4,12H2,1H3. The monoisotopic (exact) mass is 206 g/mol. The molecule has 15 heavy (non-hydrogen) atoms.